The summed E-state index contributed by atoms with van der Waals surface area (Å²) in [5.41, 5.74) is 0.403. The minimum Gasteiger partial charge on any atom is -0.478 e. The van der Waals surface area contributed by atoms with Gasteiger partial charge in [0.05, 0.1) is 6.20 Å². The molecule has 1 unspecified atom stereocenters. The highest BCUT2D eigenvalue weighted by molar-refractivity contribution is 5.92. The van der Waals surface area contributed by atoms with E-state index in [1.165, 1.54) is 12.3 Å². The van der Waals surface area contributed by atoms with Crippen LogP contribution >= 0.6 is 0 Å². The van der Waals surface area contributed by atoms with Crippen molar-refractivity contribution >= 4 is 11.8 Å². The Morgan fingerprint density at radius 1 is 1.67 bits per heavy atom. The first-order valence-electron chi connectivity index (χ1n) is 4.82. The van der Waals surface area contributed by atoms with E-state index in [9.17, 15) is 4.79 Å². The quantitative estimate of drug-likeness (QED) is 0.783. The van der Waals surface area contributed by atoms with Gasteiger partial charge in [-0.25, -0.2) is 4.79 Å². The van der Waals surface area contributed by atoms with Gasteiger partial charge < -0.3 is 10.4 Å². The van der Waals surface area contributed by atoms with E-state index in [1.54, 1.807) is 0 Å². The second kappa shape index (κ2) is 3.18. The normalized spacial score (nSPS) is 22.1. The maximum Gasteiger partial charge on any atom is 0.339 e. The Hall–Kier alpha value is -1.65. The van der Waals surface area contributed by atoms with Gasteiger partial charge in [0.1, 0.15) is 5.56 Å². The van der Waals surface area contributed by atoms with Gasteiger partial charge in [-0.3, -0.25) is 0 Å². The van der Waals surface area contributed by atoms with Gasteiger partial charge in [0.25, 0.3) is 0 Å². The molecule has 2 N–H and O–H groups in total. The molecular weight excluding hydrogens is 194 g/mol. The molecule has 0 spiro atoms. The third-order valence-corrected chi connectivity index (χ3v) is 2.78. The number of carboxylic acid groups (broad SMARTS) is 1. The summed E-state index contributed by atoms with van der Waals surface area (Å²) < 4.78 is 0. The number of hydrogen-bond donors (Lipinski definition) is 2. The summed E-state index contributed by atoms with van der Waals surface area (Å²) in [5, 5.41) is 19.5. The van der Waals surface area contributed by atoms with Crippen LogP contribution in [-0.4, -0.2) is 27.3 Å². The van der Waals surface area contributed by atoms with E-state index in [0.29, 0.717) is 11.9 Å². The fourth-order valence-electron chi connectivity index (χ4n) is 1.49. The third kappa shape index (κ3) is 1.91. The van der Waals surface area contributed by atoms with Crippen LogP contribution in [0.25, 0.3) is 0 Å². The van der Waals surface area contributed by atoms with Crippen LogP contribution in [0.15, 0.2) is 12.3 Å². The summed E-state index contributed by atoms with van der Waals surface area (Å²) in [6.45, 7) is 4.25. The number of hydrogen-bond acceptors (Lipinski definition) is 4. The molecule has 1 aliphatic rings. The highest BCUT2D eigenvalue weighted by Gasteiger charge is 2.46. The van der Waals surface area contributed by atoms with Crippen molar-refractivity contribution in [2.75, 3.05) is 5.32 Å². The van der Waals surface area contributed by atoms with Gasteiger partial charge in [-0.15, -0.1) is 5.10 Å². The van der Waals surface area contributed by atoms with E-state index in [0.717, 1.165) is 6.42 Å². The zero-order valence-corrected chi connectivity index (χ0v) is 8.69. The molecule has 0 aromatic carbocycles. The Kier molecular flexibility index (Phi) is 2.10. The predicted octanol–water partition coefficient (Wildman–Crippen LogP) is 1.39. The molecule has 1 heterocycles. The molecule has 1 atom stereocenters. The predicted molar refractivity (Wildman–Crippen MR) is 54.8 cm³/mol. The highest BCUT2D eigenvalue weighted by atomic mass is 16.4. The van der Waals surface area contributed by atoms with Crippen molar-refractivity contribution < 1.29 is 9.90 Å². The number of aromatic nitrogens is 2. The molecule has 1 saturated carbocycles. The van der Waals surface area contributed by atoms with Crippen LogP contribution in [0.1, 0.15) is 30.6 Å². The van der Waals surface area contributed by atoms with Gasteiger partial charge >= 0.3 is 5.97 Å². The molecule has 1 aromatic rings. The third-order valence-electron chi connectivity index (χ3n) is 2.78. The van der Waals surface area contributed by atoms with E-state index in [1.807, 2.05) is 0 Å². The lowest BCUT2D eigenvalue weighted by atomic mass is 10.2. The first-order valence-corrected chi connectivity index (χ1v) is 4.82. The van der Waals surface area contributed by atoms with Crippen LogP contribution in [0, 0.1) is 5.41 Å². The van der Waals surface area contributed by atoms with Gasteiger partial charge in [-0.1, -0.05) is 13.8 Å². The Morgan fingerprint density at radius 2 is 2.33 bits per heavy atom. The average molecular weight is 207 g/mol. The molecule has 5 nitrogen and oxygen atoms in total. The van der Waals surface area contributed by atoms with Crippen molar-refractivity contribution in [2.45, 2.75) is 26.3 Å². The summed E-state index contributed by atoms with van der Waals surface area (Å²) in [5.74, 6) is -0.619. The second-order valence-electron chi connectivity index (χ2n) is 4.49. The van der Waals surface area contributed by atoms with E-state index in [-0.39, 0.29) is 11.0 Å². The number of aromatic carboxylic acids is 1. The van der Waals surface area contributed by atoms with Crippen LogP contribution in [0.5, 0.6) is 0 Å². The van der Waals surface area contributed by atoms with Gasteiger partial charge in [0.2, 0.25) is 0 Å². The summed E-state index contributed by atoms with van der Waals surface area (Å²) in [4.78, 5) is 10.9. The number of nitrogens with one attached hydrogen (secondary N) is 1. The zero-order chi connectivity index (χ0) is 11.1. The fraction of sp³-hybridized carbons (Fsp3) is 0.500. The second-order valence-corrected chi connectivity index (χ2v) is 4.49. The van der Waals surface area contributed by atoms with Gasteiger partial charge in [0.15, 0.2) is 5.82 Å². The molecule has 1 aliphatic carbocycles. The van der Waals surface area contributed by atoms with Crippen molar-refractivity contribution in [2.24, 2.45) is 5.41 Å². The topological polar surface area (TPSA) is 75.1 Å². The first-order chi connectivity index (χ1) is 7.00. The molecule has 15 heavy (non-hydrogen) atoms. The standard InChI is InChI=1S/C10H13N3O2/c1-10(2)5-7(10)12-8-6(9(14)15)3-4-11-13-8/h3-4,7H,5H2,1-2H3,(H,12,13)(H,14,15). The number of nitrogens with zero attached hydrogens (tertiary/aromatic N) is 2. The van der Waals surface area contributed by atoms with Gasteiger partial charge in [-0.05, 0) is 17.9 Å². The summed E-state index contributed by atoms with van der Waals surface area (Å²) >= 11 is 0. The van der Waals surface area contributed by atoms with Crippen LogP contribution in [-0.2, 0) is 0 Å². The molecule has 0 saturated heterocycles. The van der Waals surface area contributed by atoms with Crippen LogP contribution in [0.4, 0.5) is 5.82 Å². The molecule has 0 bridgehead atoms. The van der Waals surface area contributed by atoms with E-state index in [2.05, 4.69) is 29.4 Å². The van der Waals surface area contributed by atoms with E-state index >= 15 is 0 Å². The molecule has 2 rings (SSSR count). The largest absolute Gasteiger partial charge is 0.478 e. The Balaban J connectivity index is 2.18. The van der Waals surface area contributed by atoms with Gasteiger partial charge in [-0.2, -0.15) is 5.10 Å². The zero-order valence-electron chi connectivity index (χ0n) is 8.69. The lowest BCUT2D eigenvalue weighted by Gasteiger charge is -2.08. The molecule has 80 valence electrons. The lowest BCUT2D eigenvalue weighted by molar-refractivity contribution is 0.0697. The molecule has 0 aliphatic heterocycles. The molecule has 5 heteroatoms. The number of anilines is 1. The molecule has 0 amide bonds. The minimum absolute atomic E-state index is 0.174. The minimum atomic E-state index is -0.981. The van der Waals surface area contributed by atoms with E-state index < -0.39 is 5.97 Å². The molecule has 1 aromatic heterocycles. The fourth-order valence-corrected chi connectivity index (χ4v) is 1.49. The van der Waals surface area contributed by atoms with Crippen molar-refractivity contribution in [3.63, 3.8) is 0 Å². The summed E-state index contributed by atoms with van der Waals surface area (Å²) in [6.07, 6.45) is 2.41. The van der Waals surface area contributed by atoms with Crippen molar-refractivity contribution in [3.05, 3.63) is 17.8 Å². The van der Waals surface area contributed by atoms with Crippen LogP contribution in [0.3, 0.4) is 0 Å². The Labute approximate surface area is 87.5 Å². The lowest BCUT2D eigenvalue weighted by Crippen LogP contribution is -2.14. The first kappa shape index (κ1) is 9.89. The maximum absolute atomic E-state index is 10.9. The number of carboxylic acids is 1. The summed E-state index contributed by atoms with van der Waals surface area (Å²) in [6, 6.07) is 1.75. The SMILES string of the molecule is CC1(C)CC1Nc1nnccc1C(=O)O. The van der Waals surface area contributed by atoms with Crippen LogP contribution < -0.4 is 5.32 Å². The monoisotopic (exact) mass is 207 g/mol. The molecule has 0 radical (unpaired) electrons. The number of carbonyl (C=O) groups is 1. The smallest absolute Gasteiger partial charge is 0.339 e. The van der Waals surface area contributed by atoms with Crippen LogP contribution in [0.2, 0.25) is 0 Å². The Morgan fingerprint density at radius 3 is 2.87 bits per heavy atom. The number of rotatable bonds is 3. The van der Waals surface area contributed by atoms with Crippen molar-refractivity contribution in [3.8, 4) is 0 Å². The van der Waals surface area contributed by atoms with E-state index in [4.69, 9.17) is 5.11 Å². The molecule has 1 fully saturated rings. The maximum atomic E-state index is 10.9. The van der Waals surface area contributed by atoms with Crippen molar-refractivity contribution in [1.29, 1.82) is 0 Å². The molecular formula is C10H13N3O2. The summed E-state index contributed by atoms with van der Waals surface area (Å²) in [7, 11) is 0. The highest BCUT2D eigenvalue weighted by Crippen LogP contribution is 2.46. The average Bonchev–Trinajstić information content (AvgIpc) is 2.74. The Bertz CT molecular complexity index is 403. The van der Waals surface area contributed by atoms with Gasteiger partial charge in [0, 0.05) is 6.04 Å². The van der Waals surface area contributed by atoms with Crippen molar-refractivity contribution in [1.82, 2.24) is 10.2 Å².